The first kappa shape index (κ1) is 6.05. The number of nitriles is 1. The van der Waals surface area contributed by atoms with Gasteiger partial charge in [-0.15, -0.1) is 0 Å². The number of hydrogen-bond acceptors (Lipinski definition) is 3. The van der Waals surface area contributed by atoms with E-state index in [1.165, 1.54) is 0 Å². The van der Waals surface area contributed by atoms with Crippen molar-refractivity contribution in [2.24, 2.45) is 0 Å². The lowest BCUT2D eigenvalue weighted by molar-refractivity contribution is 0.424. The Labute approximate surface area is 64.9 Å². The van der Waals surface area contributed by atoms with Crippen LogP contribution in [0.2, 0.25) is 0 Å². The van der Waals surface area contributed by atoms with E-state index in [9.17, 15) is 0 Å². The summed E-state index contributed by atoms with van der Waals surface area (Å²) in [7, 11) is 0. The number of nitrogens with one attached hydrogen (secondary N) is 1. The molecule has 0 aliphatic carbocycles. The van der Waals surface area contributed by atoms with Crippen molar-refractivity contribution in [3.63, 3.8) is 0 Å². The standard InChI is InChI=1S/C8H7N3/c9-5-7-1-2-8-10-3-4-11(8)6-7/h1-4,6,8,10H. The smallest absolute Gasteiger partial charge is 0.122 e. The molecule has 0 amide bonds. The van der Waals surface area contributed by atoms with Crippen LogP contribution in [0.25, 0.3) is 0 Å². The molecule has 54 valence electrons. The van der Waals surface area contributed by atoms with Gasteiger partial charge in [0.1, 0.15) is 12.2 Å². The maximum atomic E-state index is 8.57. The van der Waals surface area contributed by atoms with Crippen LogP contribution in [-0.4, -0.2) is 11.1 Å². The monoisotopic (exact) mass is 145 g/mol. The summed E-state index contributed by atoms with van der Waals surface area (Å²) in [6.07, 6.45) is 9.59. The predicted molar refractivity (Wildman–Crippen MR) is 40.7 cm³/mol. The van der Waals surface area contributed by atoms with E-state index in [2.05, 4.69) is 11.4 Å². The highest BCUT2D eigenvalue weighted by atomic mass is 15.3. The highest BCUT2D eigenvalue weighted by Gasteiger charge is 2.16. The normalized spacial score (nSPS) is 25.5. The fourth-order valence-corrected chi connectivity index (χ4v) is 1.15. The molecule has 0 saturated carbocycles. The molecule has 0 aromatic heterocycles. The van der Waals surface area contributed by atoms with Gasteiger partial charge in [-0.05, 0) is 12.2 Å². The highest BCUT2D eigenvalue weighted by Crippen LogP contribution is 2.14. The Morgan fingerprint density at radius 1 is 1.64 bits per heavy atom. The summed E-state index contributed by atoms with van der Waals surface area (Å²) in [4.78, 5) is 1.96. The average molecular weight is 145 g/mol. The van der Waals surface area contributed by atoms with Crippen LogP contribution in [-0.2, 0) is 0 Å². The van der Waals surface area contributed by atoms with Gasteiger partial charge in [-0.3, -0.25) is 0 Å². The molecule has 1 atom stereocenters. The topological polar surface area (TPSA) is 39.1 Å². The van der Waals surface area contributed by atoms with E-state index in [1.54, 1.807) is 0 Å². The maximum absolute atomic E-state index is 8.57. The van der Waals surface area contributed by atoms with Crippen molar-refractivity contribution in [3.8, 4) is 6.07 Å². The Morgan fingerprint density at radius 3 is 3.36 bits per heavy atom. The molecule has 2 aliphatic rings. The molecular weight excluding hydrogens is 138 g/mol. The lowest BCUT2D eigenvalue weighted by atomic mass is 10.2. The van der Waals surface area contributed by atoms with Gasteiger partial charge in [-0.2, -0.15) is 5.26 Å². The summed E-state index contributed by atoms with van der Waals surface area (Å²) in [6.45, 7) is 0. The highest BCUT2D eigenvalue weighted by molar-refractivity contribution is 5.37. The van der Waals surface area contributed by atoms with Gasteiger partial charge >= 0.3 is 0 Å². The molecule has 2 aliphatic heterocycles. The molecule has 2 heterocycles. The molecule has 11 heavy (non-hydrogen) atoms. The van der Waals surface area contributed by atoms with Gasteiger partial charge in [0.15, 0.2) is 0 Å². The van der Waals surface area contributed by atoms with Crippen LogP contribution in [0, 0.1) is 11.3 Å². The summed E-state index contributed by atoms with van der Waals surface area (Å²) in [5.74, 6) is 0. The van der Waals surface area contributed by atoms with Crippen molar-refractivity contribution >= 4 is 0 Å². The molecule has 0 bridgehead atoms. The Morgan fingerprint density at radius 2 is 2.55 bits per heavy atom. The van der Waals surface area contributed by atoms with Crippen molar-refractivity contribution in [2.45, 2.75) is 6.17 Å². The number of nitrogens with zero attached hydrogens (tertiary/aromatic N) is 2. The number of rotatable bonds is 0. The maximum Gasteiger partial charge on any atom is 0.122 e. The van der Waals surface area contributed by atoms with Gasteiger partial charge < -0.3 is 10.2 Å². The summed E-state index contributed by atoms with van der Waals surface area (Å²) < 4.78 is 0. The Kier molecular flexibility index (Phi) is 1.19. The molecule has 0 fully saturated rings. The second kappa shape index (κ2) is 2.17. The number of allylic oxidation sites excluding steroid dienone is 2. The van der Waals surface area contributed by atoms with Gasteiger partial charge in [0.2, 0.25) is 0 Å². The zero-order valence-corrected chi connectivity index (χ0v) is 5.86. The minimum absolute atomic E-state index is 0.215. The largest absolute Gasteiger partial charge is 0.366 e. The van der Waals surface area contributed by atoms with Crippen LogP contribution >= 0.6 is 0 Å². The third-order valence-corrected chi connectivity index (χ3v) is 1.71. The average Bonchev–Trinajstić information content (AvgIpc) is 2.50. The Hall–Kier alpha value is -1.69. The van der Waals surface area contributed by atoms with E-state index < -0.39 is 0 Å². The van der Waals surface area contributed by atoms with Crippen molar-refractivity contribution in [1.82, 2.24) is 10.2 Å². The van der Waals surface area contributed by atoms with Gasteiger partial charge in [0, 0.05) is 18.6 Å². The van der Waals surface area contributed by atoms with Gasteiger partial charge in [-0.1, -0.05) is 0 Å². The fraction of sp³-hybridized carbons (Fsp3) is 0.125. The van der Waals surface area contributed by atoms with Crippen LogP contribution in [0.4, 0.5) is 0 Å². The van der Waals surface area contributed by atoms with E-state index >= 15 is 0 Å². The zero-order chi connectivity index (χ0) is 7.68. The van der Waals surface area contributed by atoms with Crippen LogP contribution < -0.4 is 5.32 Å². The second-order valence-electron chi connectivity index (χ2n) is 2.43. The lowest BCUT2D eigenvalue weighted by Gasteiger charge is -2.21. The van der Waals surface area contributed by atoms with Crippen molar-refractivity contribution in [2.75, 3.05) is 0 Å². The van der Waals surface area contributed by atoms with E-state index in [-0.39, 0.29) is 6.17 Å². The third-order valence-electron chi connectivity index (χ3n) is 1.71. The Bertz CT molecular complexity index is 293. The second-order valence-corrected chi connectivity index (χ2v) is 2.43. The van der Waals surface area contributed by atoms with Gasteiger partial charge in [0.25, 0.3) is 0 Å². The van der Waals surface area contributed by atoms with Crippen LogP contribution in [0.5, 0.6) is 0 Å². The quantitative estimate of drug-likeness (QED) is 0.544. The van der Waals surface area contributed by atoms with Crippen LogP contribution in [0.3, 0.4) is 0 Å². The van der Waals surface area contributed by atoms with Gasteiger partial charge in [-0.25, -0.2) is 0 Å². The van der Waals surface area contributed by atoms with Crippen LogP contribution in [0.1, 0.15) is 0 Å². The minimum atomic E-state index is 0.215. The molecule has 1 unspecified atom stereocenters. The Balaban J connectivity index is 2.28. The zero-order valence-electron chi connectivity index (χ0n) is 5.86. The first-order valence-electron chi connectivity index (χ1n) is 3.40. The molecule has 3 heteroatoms. The fourth-order valence-electron chi connectivity index (χ4n) is 1.15. The molecule has 1 N–H and O–H groups in total. The molecule has 2 rings (SSSR count). The molecule has 0 spiro atoms. The molecule has 3 nitrogen and oxygen atoms in total. The molecule has 0 aromatic carbocycles. The van der Waals surface area contributed by atoms with Gasteiger partial charge in [0.05, 0.1) is 5.57 Å². The van der Waals surface area contributed by atoms with E-state index in [1.807, 2.05) is 35.7 Å². The van der Waals surface area contributed by atoms with Crippen molar-refractivity contribution in [1.29, 1.82) is 5.26 Å². The van der Waals surface area contributed by atoms with Crippen molar-refractivity contribution in [3.05, 3.63) is 36.3 Å². The summed E-state index contributed by atoms with van der Waals surface area (Å²) in [6, 6.07) is 2.09. The third kappa shape index (κ3) is 0.887. The van der Waals surface area contributed by atoms with E-state index in [0.29, 0.717) is 5.57 Å². The number of fused-ring (bicyclic) bond motifs is 1. The SMILES string of the molecule is N#CC1=CN2C=CNC2C=C1. The minimum Gasteiger partial charge on any atom is -0.366 e. The molecule has 0 aromatic rings. The lowest BCUT2D eigenvalue weighted by Crippen LogP contribution is -2.31. The molecule has 0 saturated heterocycles. The summed E-state index contributed by atoms with van der Waals surface area (Å²) in [5.41, 5.74) is 0.689. The summed E-state index contributed by atoms with van der Waals surface area (Å²) >= 11 is 0. The molecule has 0 radical (unpaired) electrons. The van der Waals surface area contributed by atoms with E-state index in [0.717, 1.165) is 0 Å². The first-order chi connectivity index (χ1) is 5.40. The number of hydrogen-bond donors (Lipinski definition) is 1. The predicted octanol–water partition coefficient (Wildman–Crippen LogP) is 0.666. The molecular formula is C8H7N3. The van der Waals surface area contributed by atoms with Crippen molar-refractivity contribution < 1.29 is 0 Å². The van der Waals surface area contributed by atoms with E-state index in [4.69, 9.17) is 5.26 Å². The summed E-state index contributed by atoms with van der Waals surface area (Å²) in [5, 5.41) is 11.7. The first-order valence-corrected chi connectivity index (χ1v) is 3.40. The van der Waals surface area contributed by atoms with Crippen LogP contribution in [0.15, 0.2) is 36.3 Å².